The minimum Gasteiger partial charge on any atom is -0.421 e. The monoisotopic (exact) mass is 308 g/mol. The Labute approximate surface area is 133 Å². The van der Waals surface area contributed by atoms with Crippen LogP contribution in [0.4, 0.5) is 0 Å². The Kier molecular flexibility index (Phi) is 4.73. The van der Waals surface area contributed by atoms with E-state index in [1.165, 1.54) is 0 Å². The fourth-order valence-corrected chi connectivity index (χ4v) is 2.11. The molecule has 2 heterocycles. The van der Waals surface area contributed by atoms with E-state index >= 15 is 0 Å². The first-order valence-electron chi connectivity index (χ1n) is 7.34. The van der Waals surface area contributed by atoms with Gasteiger partial charge in [0.05, 0.1) is 12.0 Å². The molecule has 3 aromatic rings. The second kappa shape index (κ2) is 7.31. The van der Waals surface area contributed by atoms with Crippen molar-refractivity contribution in [3.8, 4) is 11.5 Å². The summed E-state index contributed by atoms with van der Waals surface area (Å²) in [6.45, 7) is 0.459. The molecule has 0 aliphatic carbocycles. The molecule has 1 aromatic carbocycles. The molecule has 0 atom stereocenters. The summed E-state index contributed by atoms with van der Waals surface area (Å²) in [5.41, 5.74) is 1.76. The van der Waals surface area contributed by atoms with Crippen molar-refractivity contribution < 1.29 is 9.21 Å². The largest absolute Gasteiger partial charge is 0.421 e. The van der Waals surface area contributed by atoms with Gasteiger partial charge in [-0.2, -0.15) is 0 Å². The molecule has 0 radical (unpaired) electrons. The van der Waals surface area contributed by atoms with Gasteiger partial charge in [-0.3, -0.25) is 9.78 Å². The summed E-state index contributed by atoms with van der Waals surface area (Å²) in [4.78, 5) is 15.9. The van der Waals surface area contributed by atoms with Gasteiger partial charge in [0.25, 0.3) is 0 Å². The molecule has 0 unspecified atom stereocenters. The van der Waals surface area contributed by atoms with Gasteiger partial charge >= 0.3 is 0 Å². The molecule has 1 N–H and O–H groups in total. The topological polar surface area (TPSA) is 80.9 Å². The van der Waals surface area contributed by atoms with Crippen LogP contribution in [0.15, 0.2) is 59.3 Å². The van der Waals surface area contributed by atoms with E-state index in [9.17, 15) is 4.79 Å². The van der Waals surface area contributed by atoms with Crippen LogP contribution in [-0.2, 0) is 17.6 Å². The number of hydrogen-bond acceptors (Lipinski definition) is 5. The highest BCUT2D eigenvalue weighted by molar-refractivity contribution is 5.78. The lowest BCUT2D eigenvalue weighted by molar-refractivity contribution is -0.120. The van der Waals surface area contributed by atoms with Gasteiger partial charge in [-0.25, -0.2) is 0 Å². The van der Waals surface area contributed by atoms with E-state index in [0.29, 0.717) is 31.2 Å². The SMILES string of the molecule is O=C(Cc1ccccc1)NCCc1nnc(-c2cccnc2)o1. The van der Waals surface area contributed by atoms with Crippen LogP contribution < -0.4 is 5.32 Å². The van der Waals surface area contributed by atoms with Crippen molar-refractivity contribution in [1.29, 1.82) is 0 Å². The first-order chi connectivity index (χ1) is 11.3. The highest BCUT2D eigenvalue weighted by Crippen LogP contribution is 2.15. The summed E-state index contributed by atoms with van der Waals surface area (Å²) >= 11 is 0. The Morgan fingerprint density at radius 1 is 1.09 bits per heavy atom. The number of carbonyl (C=O) groups excluding carboxylic acids is 1. The minimum atomic E-state index is -0.0248. The lowest BCUT2D eigenvalue weighted by Crippen LogP contribution is -2.27. The predicted molar refractivity (Wildman–Crippen MR) is 84.4 cm³/mol. The fourth-order valence-electron chi connectivity index (χ4n) is 2.11. The maximum atomic E-state index is 11.8. The molecule has 23 heavy (non-hydrogen) atoms. The number of nitrogens with zero attached hydrogens (tertiary/aromatic N) is 3. The number of carbonyl (C=O) groups is 1. The first-order valence-corrected chi connectivity index (χ1v) is 7.34. The van der Waals surface area contributed by atoms with Gasteiger partial charge < -0.3 is 9.73 Å². The molecule has 2 aromatic heterocycles. The Morgan fingerprint density at radius 2 is 1.96 bits per heavy atom. The predicted octanol–water partition coefficient (Wildman–Crippen LogP) is 2.03. The van der Waals surface area contributed by atoms with Gasteiger partial charge in [-0.05, 0) is 17.7 Å². The molecule has 3 rings (SSSR count). The Bertz CT molecular complexity index is 757. The third-order valence-electron chi connectivity index (χ3n) is 3.24. The molecule has 0 aliphatic heterocycles. The molecule has 0 aliphatic rings. The van der Waals surface area contributed by atoms with Crippen LogP contribution in [-0.4, -0.2) is 27.6 Å². The maximum absolute atomic E-state index is 11.8. The number of amides is 1. The number of aromatic nitrogens is 3. The van der Waals surface area contributed by atoms with E-state index in [4.69, 9.17) is 4.42 Å². The van der Waals surface area contributed by atoms with Gasteiger partial charge in [0.15, 0.2) is 0 Å². The molecular formula is C17H16N4O2. The van der Waals surface area contributed by atoms with Gasteiger partial charge in [-0.15, -0.1) is 10.2 Å². The van der Waals surface area contributed by atoms with Crippen molar-refractivity contribution in [2.75, 3.05) is 6.54 Å². The van der Waals surface area contributed by atoms with Gasteiger partial charge in [-0.1, -0.05) is 30.3 Å². The van der Waals surface area contributed by atoms with E-state index in [0.717, 1.165) is 11.1 Å². The summed E-state index contributed by atoms with van der Waals surface area (Å²) in [7, 11) is 0. The number of pyridine rings is 1. The van der Waals surface area contributed by atoms with E-state index in [1.54, 1.807) is 12.4 Å². The normalized spacial score (nSPS) is 10.4. The van der Waals surface area contributed by atoms with Crippen LogP contribution in [0.3, 0.4) is 0 Å². The fraction of sp³-hybridized carbons (Fsp3) is 0.176. The van der Waals surface area contributed by atoms with Crippen LogP contribution >= 0.6 is 0 Å². The second-order valence-corrected chi connectivity index (χ2v) is 5.00. The van der Waals surface area contributed by atoms with E-state index in [-0.39, 0.29) is 5.91 Å². The Balaban J connectivity index is 1.48. The Hall–Kier alpha value is -3.02. The van der Waals surface area contributed by atoms with E-state index < -0.39 is 0 Å². The number of nitrogens with one attached hydrogen (secondary N) is 1. The third-order valence-corrected chi connectivity index (χ3v) is 3.24. The smallest absolute Gasteiger partial charge is 0.249 e. The van der Waals surface area contributed by atoms with Gasteiger partial charge in [0.1, 0.15) is 0 Å². The standard InChI is InChI=1S/C17H16N4O2/c22-15(11-13-5-2-1-3-6-13)19-10-8-16-20-21-17(23-16)14-7-4-9-18-12-14/h1-7,9,12H,8,10-11H2,(H,19,22). The van der Waals surface area contributed by atoms with Crippen molar-refractivity contribution in [2.45, 2.75) is 12.8 Å². The third kappa shape index (κ3) is 4.23. The first kappa shape index (κ1) is 14.9. The molecular weight excluding hydrogens is 292 g/mol. The molecule has 116 valence electrons. The molecule has 0 bridgehead atoms. The molecule has 6 heteroatoms. The molecule has 0 spiro atoms. The maximum Gasteiger partial charge on any atom is 0.249 e. The zero-order chi connectivity index (χ0) is 15.9. The zero-order valence-electron chi connectivity index (χ0n) is 12.5. The van der Waals surface area contributed by atoms with Crippen LogP contribution in [0.2, 0.25) is 0 Å². The van der Waals surface area contributed by atoms with Crippen LogP contribution in [0, 0.1) is 0 Å². The summed E-state index contributed by atoms with van der Waals surface area (Å²) in [6.07, 6.45) is 4.21. The number of benzene rings is 1. The Morgan fingerprint density at radius 3 is 2.74 bits per heavy atom. The molecule has 0 saturated carbocycles. The van der Waals surface area contributed by atoms with Crippen LogP contribution in [0.1, 0.15) is 11.5 Å². The molecule has 6 nitrogen and oxygen atoms in total. The van der Waals surface area contributed by atoms with Crippen molar-refractivity contribution >= 4 is 5.91 Å². The van der Waals surface area contributed by atoms with Gasteiger partial charge in [0.2, 0.25) is 17.7 Å². The van der Waals surface area contributed by atoms with Crippen molar-refractivity contribution in [1.82, 2.24) is 20.5 Å². The average Bonchev–Trinajstić information content (AvgIpc) is 3.05. The van der Waals surface area contributed by atoms with E-state index in [1.807, 2.05) is 42.5 Å². The second-order valence-electron chi connectivity index (χ2n) is 5.00. The molecule has 1 amide bonds. The van der Waals surface area contributed by atoms with Crippen molar-refractivity contribution in [3.63, 3.8) is 0 Å². The summed E-state index contributed by atoms with van der Waals surface area (Å²) in [5.74, 6) is 0.899. The lowest BCUT2D eigenvalue weighted by Gasteiger charge is -2.03. The van der Waals surface area contributed by atoms with Crippen LogP contribution in [0.25, 0.3) is 11.5 Å². The summed E-state index contributed by atoms with van der Waals surface area (Å²) in [5, 5.41) is 10.8. The number of hydrogen-bond donors (Lipinski definition) is 1. The van der Waals surface area contributed by atoms with Crippen molar-refractivity contribution in [3.05, 3.63) is 66.3 Å². The number of rotatable bonds is 6. The lowest BCUT2D eigenvalue weighted by atomic mass is 10.1. The highest BCUT2D eigenvalue weighted by Gasteiger charge is 2.09. The van der Waals surface area contributed by atoms with Crippen molar-refractivity contribution in [2.24, 2.45) is 0 Å². The van der Waals surface area contributed by atoms with Gasteiger partial charge in [0, 0.05) is 25.4 Å². The summed E-state index contributed by atoms with van der Waals surface area (Å²) < 4.78 is 5.56. The molecule has 0 fully saturated rings. The van der Waals surface area contributed by atoms with Crippen LogP contribution in [0.5, 0.6) is 0 Å². The zero-order valence-corrected chi connectivity index (χ0v) is 12.5. The average molecular weight is 308 g/mol. The molecule has 0 saturated heterocycles. The van der Waals surface area contributed by atoms with E-state index in [2.05, 4.69) is 20.5 Å². The summed E-state index contributed by atoms with van der Waals surface area (Å²) in [6, 6.07) is 13.3. The quantitative estimate of drug-likeness (QED) is 0.753. The highest BCUT2D eigenvalue weighted by atomic mass is 16.4. The minimum absolute atomic E-state index is 0.0248.